The molecule has 1 aliphatic heterocycles. The second-order valence-electron chi connectivity index (χ2n) is 5.79. The molecule has 3 unspecified atom stereocenters. The molecular weight excluding hydrogens is 262 g/mol. The zero-order chi connectivity index (χ0) is 12.9. The van der Waals surface area contributed by atoms with Gasteiger partial charge in [-0.25, -0.2) is 0 Å². The van der Waals surface area contributed by atoms with Gasteiger partial charge >= 0.3 is 0 Å². The molecule has 1 amide bonds. The predicted octanol–water partition coefficient (Wildman–Crippen LogP) is 1.56. The Bertz CT molecular complexity index is 485. The van der Waals surface area contributed by atoms with Gasteiger partial charge in [-0.1, -0.05) is 0 Å². The minimum Gasteiger partial charge on any atom is -0.344 e. The highest BCUT2D eigenvalue weighted by Crippen LogP contribution is 2.37. The van der Waals surface area contributed by atoms with Gasteiger partial charge in [-0.3, -0.25) is 4.79 Å². The Morgan fingerprint density at radius 1 is 1.32 bits per heavy atom. The second kappa shape index (κ2) is 5.17. The summed E-state index contributed by atoms with van der Waals surface area (Å²) in [6.45, 7) is 3.75. The number of halogens is 1. The monoisotopic (exact) mass is 283 g/mol. The molecule has 2 fully saturated rings. The molecule has 19 heavy (non-hydrogen) atoms. The SMILES string of the molecule is Cc1ccc(C(=O)N2CC3CCC(N)C3C2)n1C.Cl. The molecular formula is C14H22ClN3O. The fourth-order valence-electron chi connectivity index (χ4n) is 3.46. The molecule has 1 saturated carbocycles. The number of likely N-dealkylation sites (tertiary alicyclic amines) is 1. The van der Waals surface area contributed by atoms with Crippen LogP contribution in [-0.4, -0.2) is 34.5 Å². The van der Waals surface area contributed by atoms with Gasteiger partial charge in [-0.05, 0) is 43.7 Å². The van der Waals surface area contributed by atoms with Gasteiger partial charge in [0.15, 0.2) is 0 Å². The molecule has 0 spiro atoms. The molecule has 3 atom stereocenters. The minimum absolute atomic E-state index is 0. The average molecular weight is 284 g/mol. The van der Waals surface area contributed by atoms with Crippen LogP contribution in [0.5, 0.6) is 0 Å². The summed E-state index contributed by atoms with van der Waals surface area (Å²) in [5.41, 5.74) is 8.02. The van der Waals surface area contributed by atoms with Crippen molar-refractivity contribution in [1.29, 1.82) is 0 Å². The summed E-state index contributed by atoms with van der Waals surface area (Å²) in [5.74, 6) is 1.31. The number of carbonyl (C=O) groups excluding carboxylic acids is 1. The van der Waals surface area contributed by atoms with E-state index in [1.807, 2.05) is 35.6 Å². The summed E-state index contributed by atoms with van der Waals surface area (Å²) in [6, 6.07) is 4.21. The highest BCUT2D eigenvalue weighted by molar-refractivity contribution is 5.93. The van der Waals surface area contributed by atoms with Gasteiger partial charge in [0.05, 0.1) is 0 Å². The van der Waals surface area contributed by atoms with Crippen LogP contribution in [0.15, 0.2) is 12.1 Å². The number of rotatable bonds is 1. The molecule has 0 radical (unpaired) electrons. The maximum absolute atomic E-state index is 12.5. The van der Waals surface area contributed by atoms with Crippen molar-refractivity contribution in [3.05, 3.63) is 23.5 Å². The number of nitrogens with zero attached hydrogens (tertiary/aromatic N) is 2. The first-order chi connectivity index (χ1) is 8.58. The third kappa shape index (κ3) is 2.28. The lowest BCUT2D eigenvalue weighted by Gasteiger charge is -2.19. The third-order valence-electron chi connectivity index (χ3n) is 4.79. The van der Waals surface area contributed by atoms with Crippen LogP contribution in [-0.2, 0) is 7.05 Å². The Morgan fingerprint density at radius 2 is 2.05 bits per heavy atom. The van der Waals surface area contributed by atoms with Gasteiger partial charge in [-0.2, -0.15) is 0 Å². The Hall–Kier alpha value is -1.00. The van der Waals surface area contributed by atoms with Gasteiger partial charge in [-0.15, -0.1) is 12.4 Å². The van der Waals surface area contributed by atoms with Crippen LogP contribution in [0.3, 0.4) is 0 Å². The standard InChI is InChI=1S/C14H21N3O.ClH/c1-9-3-6-13(16(9)2)14(18)17-7-10-4-5-12(15)11(10)8-17;/h3,6,10-12H,4-5,7-8,15H2,1-2H3;1H. The molecule has 3 rings (SSSR count). The maximum atomic E-state index is 12.5. The Morgan fingerprint density at radius 3 is 2.63 bits per heavy atom. The Balaban J connectivity index is 0.00000133. The van der Waals surface area contributed by atoms with Crippen LogP contribution in [0.1, 0.15) is 29.0 Å². The largest absolute Gasteiger partial charge is 0.344 e. The first kappa shape index (κ1) is 14.4. The van der Waals surface area contributed by atoms with E-state index in [2.05, 4.69) is 0 Å². The maximum Gasteiger partial charge on any atom is 0.270 e. The van der Waals surface area contributed by atoms with Crippen LogP contribution < -0.4 is 5.73 Å². The Labute approximate surface area is 120 Å². The highest BCUT2D eigenvalue weighted by Gasteiger charge is 2.42. The number of fused-ring (bicyclic) bond motifs is 1. The van der Waals surface area contributed by atoms with Crippen LogP contribution in [0.2, 0.25) is 0 Å². The molecule has 2 N–H and O–H groups in total. The first-order valence-corrected chi connectivity index (χ1v) is 6.75. The van der Waals surface area contributed by atoms with Crippen LogP contribution in [0, 0.1) is 18.8 Å². The van der Waals surface area contributed by atoms with E-state index in [0.29, 0.717) is 17.9 Å². The van der Waals surface area contributed by atoms with Crippen LogP contribution >= 0.6 is 12.4 Å². The topological polar surface area (TPSA) is 51.3 Å². The minimum atomic E-state index is 0. The van der Waals surface area contributed by atoms with Crippen molar-refractivity contribution in [1.82, 2.24) is 9.47 Å². The lowest BCUT2D eigenvalue weighted by Crippen LogP contribution is -2.34. The molecule has 2 aliphatic rings. The van der Waals surface area contributed by atoms with E-state index in [1.54, 1.807) is 0 Å². The van der Waals surface area contributed by atoms with Gasteiger partial charge in [0.1, 0.15) is 5.69 Å². The summed E-state index contributed by atoms with van der Waals surface area (Å²) in [5, 5.41) is 0. The lowest BCUT2D eigenvalue weighted by molar-refractivity contribution is 0.0770. The van der Waals surface area contributed by atoms with E-state index in [1.165, 1.54) is 6.42 Å². The van der Waals surface area contributed by atoms with Gasteiger partial charge in [0.2, 0.25) is 0 Å². The summed E-state index contributed by atoms with van der Waals surface area (Å²) in [4.78, 5) is 14.5. The summed E-state index contributed by atoms with van der Waals surface area (Å²) in [6.07, 6.45) is 2.31. The number of nitrogens with two attached hydrogens (primary N) is 1. The van der Waals surface area contributed by atoms with Crippen molar-refractivity contribution < 1.29 is 4.79 Å². The van der Waals surface area contributed by atoms with E-state index < -0.39 is 0 Å². The van der Waals surface area contributed by atoms with E-state index in [-0.39, 0.29) is 18.3 Å². The molecule has 1 aliphatic carbocycles. The summed E-state index contributed by atoms with van der Waals surface area (Å²) < 4.78 is 1.97. The summed E-state index contributed by atoms with van der Waals surface area (Å²) in [7, 11) is 1.95. The number of amides is 1. The molecule has 1 saturated heterocycles. The summed E-state index contributed by atoms with van der Waals surface area (Å²) >= 11 is 0. The van der Waals surface area contributed by atoms with E-state index >= 15 is 0 Å². The molecule has 0 bridgehead atoms. The Kier molecular flexibility index (Phi) is 3.92. The van der Waals surface area contributed by atoms with Crippen molar-refractivity contribution in [2.75, 3.05) is 13.1 Å². The number of hydrogen-bond donors (Lipinski definition) is 1. The van der Waals surface area contributed by atoms with E-state index in [9.17, 15) is 4.79 Å². The number of aromatic nitrogens is 1. The molecule has 5 heteroatoms. The zero-order valence-electron chi connectivity index (χ0n) is 11.5. The molecule has 2 heterocycles. The molecule has 0 aromatic carbocycles. The lowest BCUT2D eigenvalue weighted by atomic mass is 9.98. The smallest absolute Gasteiger partial charge is 0.270 e. The van der Waals surface area contributed by atoms with Crippen LogP contribution in [0.4, 0.5) is 0 Å². The van der Waals surface area contributed by atoms with Crippen molar-refractivity contribution in [2.45, 2.75) is 25.8 Å². The van der Waals surface area contributed by atoms with Crippen molar-refractivity contribution >= 4 is 18.3 Å². The van der Waals surface area contributed by atoms with Gasteiger partial charge < -0.3 is 15.2 Å². The molecule has 1 aromatic rings. The van der Waals surface area contributed by atoms with Crippen LogP contribution in [0.25, 0.3) is 0 Å². The molecule has 106 valence electrons. The first-order valence-electron chi connectivity index (χ1n) is 6.75. The number of hydrogen-bond acceptors (Lipinski definition) is 2. The van der Waals surface area contributed by atoms with Crippen molar-refractivity contribution in [3.8, 4) is 0 Å². The molecule has 1 aromatic heterocycles. The van der Waals surface area contributed by atoms with Crippen molar-refractivity contribution in [2.24, 2.45) is 24.6 Å². The fraction of sp³-hybridized carbons (Fsp3) is 0.643. The quantitative estimate of drug-likeness (QED) is 0.850. The second-order valence-corrected chi connectivity index (χ2v) is 5.79. The van der Waals surface area contributed by atoms with Crippen molar-refractivity contribution in [3.63, 3.8) is 0 Å². The zero-order valence-corrected chi connectivity index (χ0v) is 12.3. The number of carbonyl (C=O) groups is 1. The predicted molar refractivity (Wildman–Crippen MR) is 77.5 cm³/mol. The van der Waals surface area contributed by atoms with Gasteiger partial charge in [0.25, 0.3) is 5.91 Å². The average Bonchev–Trinajstić information content (AvgIpc) is 2.99. The fourth-order valence-corrected chi connectivity index (χ4v) is 3.46. The normalized spacial score (nSPS) is 29.2. The van der Waals surface area contributed by atoms with Gasteiger partial charge in [0, 0.05) is 31.9 Å². The number of aryl methyl sites for hydroxylation is 1. The highest BCUT2D eigenvalue weighted by atomic mass is 35.5. The van der Waals surface area contributed by atoms with E-state index in [4.69, 9.17) is 5.73 Å². The molecule has 4 nitrogen and oxygen atoms in total. The third-order valence-corrected chi connectivity index (χ3v) is 4.79. The van der Waals surface area contributed by atoms with E-state index in [0.717, 1.165) is 30.9 Å².